The van der Waals surface area contributed by atoms with Gasteiger partial charge in [-0.25, -0.2) is 4.39 Å². The van der Waals surface area contributed by atoms with Crippen molar-refractivity contribution in [3.63, 3.8) is 0 Å². The number of hydrogen-bond donors (Lipinski definition) is 2. The Morgan fingerprint density at radius 2 is 1.89 bits per heavy atom. The van der Waals surface area contributed by atoms with Gasteiger partial charge in [-0.3, -0.25) is 4.79 Å². The monoisotopic (exact) mass is 595 g/mol. The van der Waals surface area contributed by atoms with Crippen LogP contribution in [0.15, 0.2) is 81.4 Å². The van der Waals surface area contributed by atoms with Crippen molar-refractivity contribution >= 4 is 54.7 Å². The molecule has 0 spiro atoms. The Bertz CT molecular complexity index is 1430. The van der Waals surface area contributed by atoms with E-state index in [1.54, 1.807) is 24.3 Å². The minimum atomic E-state index is -0.439. The lowest BCUT2D eigenvalue weighted by molar-refractivity contribution is -0.117. The van der Waals surface area contributed by atoms with Gasteiger partial charge in [0.1, 0.15) is 29.8 Å². The number of amides is 1. The van der Waals surface area contributed by atoms with Crippen molar-refractivity contribution in [2.75, 3.05) is 6.54 Å². The molecule has 0 aliphatic carbocycles. The van der Waals surface area contributed by atoms with Crippen molar-refractivity contribution in [1.29, 1.82) is 5.26 Å². The van der Waals surface area contributed by atoms with E-state index in [1.165, 1.54) is 18.2 Å². The first-order valence-electron chi connectivity index (χ1n) is 10.8. The normalized spacial score (nSPS) is 11.3. The molecule has 8 heteroatoms. The van der Waals surface area contributed by atoms with E-state index in [1.807, 2.05) is 36.5 Å². The third kappa shape index (κ3) is 6.18. The maximum absolute atomic E-state index is 13.4. The number of nitriles is 1. The van der Waals surface area contributed by atoms with Crippen molar-refractivity contribution in [3.05, 3.63) is 104 Å². The predicted octanol–water partition coefficient (Wildman–Crippen LogP) is 6.68. The molecule has 176 valence electrons. The van der Waals surface area contributed by atoms with Gasteiger partial charge in [-0.1, -0.05) is 30.3 Å². The molecule has 3 aromatic carbocycles. The van der Waals surface area contributed by atoms with Gasteiger partial charge in [0.15, 0.2) is 0 Å². The lowest BCUT2D eigenvalue weighted by Gasteiger charge is -2.12. The number of fused-ring (bicyclic) bond motifs is 1. The third-order valence-corrected chi connectivity index (χ3v) is 6.50. The average molecular weight is 597 g/mol. The lowest BCUT2D eigenvalue weighted by Crippen LogP contribution is -2.26. The quantitative estimate of drug-likeness (QED) is 0.176. The smallest absolute Gasteiger partial charge is 0.261 e. The molecule has 1 amide bonds. The topological polar surface area (TPSA) is 77.9 Å². The number of carbonyl (C=O) groups excluding carboxylic acids is 1. The molecule has 0 saturated heterocycles. The van der Waals surface area contributed by atoms with Gasteiger partial charge in [-0.05, 0) is 91.4 Å². The molecule has 4 aromatic rings. The van der Waals surface area contributed by atoms with Gasteiger partial charge >= 0.3 is 0 Å². The molecule has 2 N–H and O–H groups in total. The second-order valence-electron chi connectivity index (χ2n) is 7.77. The number of para-hydroxylation sites is 1. The van der Waals surface area contributed by atoms with Crippen LogP contribution in [0.2, 0.25) is 0 Å². The van der Waals surface area contributed by atoms with Crippen LogP contribution in [0.25, 0.3) is 17.0 Å². The second-order valence-corrected chi connectivity index (χ2v) is 9.48. The number of H-pyrrole nitrogens is 1. The number of nitrogens with one attached hydrogen (secondary N) is 2. The summed E-state index contributed by atoms with van der Waals surface area (Å²) in [5.74, 6) is -0.229. The van der Waals surface area contributed by atoms with Crippen LogP contribution in [0.3, 0.4) is 0 Å². The number of hydrogen-bond acceptors (Lipinski definition) is 3. The molecule has 5 nitrogen and oxygen atoms in total. The summed E-state index contributed by atoms with van der Waals surface area (Å²) in [5.41, 5.74) is 3.49. The molecule has 35 heavy (non-hydrogen) atoms. The second kappa shape index (κ2) is 11.3. The molecule has 0 radical (unpaired) electrons. The zero-order chi connectivity index (χ0) is 24.8. The maximum atomic E-state index is 13.4. The summed E-state index contributed by atoms with van der Waals surface area (Å²) < 4.78 is 20.5. The zero-order valence-corrected chi connectivity index (χ0v) is 21.6. The Kier molecular flexibility index (Phi) is 8.01. The van der Waals surface area contributed by atoms with Crippen molar-refractivity contribution < 1.29 is 13.9 Å². The highest BCUT2D eigenvalue weighted by molar-refractivity contribution is 9.11. The van der Waals surface area contributed by atoms with Crippen molar-refractivity contribution in [3.8, 4) is 11.8 Å². The zero-order valence-electron chi connectivity index (χ0n) is 18.4. The molecule has 1 aromatic heterocycles. The van der Waals surface area contributed by atoms with Gasteiger partial charge in [-0.2, -0.15) is 5.26 Å². The number of nitrogens with zero attached hydrogens (tertiary/aromatic N) is 1. The number of halogens is 3. The molecule has 4 rings (SSSR count). The number of rotatable bonds is 8. The van der Waals surface area contributed by atoms with Crippen LogP contribution in [0, 0.1) is 17.1 Å². The molecule has 0 atom stereocenters. The molecular weight excluding hydrogens is 577 g/mol. The van der Waals surface area contributed by atoms with Gasteiger partial charge in [0.25, 0.3) is 5.91 Å². The summed E-state index contributed by atoms with van der Waals surface area (Å²) in [5, 5.41) is 13.5. The van der Waals surface area contributed by atoms with Gasteiger partial charge in [0.2, 0.25) is 0 Å². The molecule has 0 unspecified atom stereocenters. The number of carbonyl (C=O) groups is 1. The van der Waals surface area contributed by atoms with Crippen LogP contribution >= 0.6 is 31.9 Å². The molecule has 0 aliphatic rings. The number of benzene rings is 3. The number of aromatic amines is 1. The molecule has 0 saturated carbocycles. The van der Waals surface area contributed by atoms with E-state index in [9.17, 15) is 14.4 Å². The van der Waals surface area contributed by atoms with Crippen molar-refractivity contribution in [2.24, 2.45) is 0 Å². The first-order valence-corrected chi connectivity index (χ1v) is 12.3. The Morgan fingerprint density at radius 3 is 2.63 bits per heavy atom. The van der Waals surface area contributed by atoms with Crippen LogP contribution in [-0.2, 0) is 17.8 Å². The van der Waals surface area contributed by atoms with Gasteiger partial charge in [0.05, 0.1) is 8.95 Å². The Morgan fingerprint density at radius 1 is 1.11 bits per heavy atom. The Labute approximate surface area is 218 Å². The average Bonchev–Trinajstić information content (AvgIpc) is 3.25. The molecular formula is C27H20Br2FN3O2. The summed E-state index contributed by atoms with van der Waals surface area (Å²) in [6.07, 6.45) is 4.10. The van der Waals surface area contributed by atoms with Crippen LogP contribution in [0.5, 0.6) is 5.75 Å². The highest BCUT2D eigenvalue weighted by atomic mass is 79.9. The highest BCUT2D eigenvalue weighted by Crippen LogP contribution is 2.36. The minimum absolute atomic E-state index is 0.00356. The largest absolute Gasteiger partial charge is 0.487 e. The molecule has 1 heterocycles. The van der Waals surface area contributed by atoms with Crippen LogP contribution < -0.4 is 10.1 Å². The van der Waals surface area contributed by atoms with E-state index in [0.29, 0.717) is 38.8 Å². The van der Waals surface area contributed by atoms with E-state index in [2.05, 4.69) is 42.2 Å². The standard InChI is InChI=1S/C27H20Br2FN3O2/c28-23-12-18(13-24(29)26(23)35-16-17-4-3-5-21(30)11-17)10-20(14-31)27(34)32-9-8-19-15-33-25-7-2-1-6-22(19)25/h1-7,10-13,15,33H,8-9,16H2,(H,32,34)/b20-10-. The van der Waals surface area contributed by atoms with E-state index >= 15 is 0 Å². The summed E-state index contributed by atoms with van der Waals surface area (Å²) in [6, 6.07) is 19.6. The SMILES string of the molecule is N#C/C(=C/c1cc(Br)c(OCc2cccc(F)c2)c(Br)c1)C(=O)NCCc1c[nH]c2ccccc12. The van der Waals surface area contributed by atoms with Crippen LogP contribution in [0.1, 0.15) is 16.7 Å². The van der Waals surface area contributed by atoms with E-state index < -0.39 is 5.91 Å². The number of ether oxygens (including phenoxy) is 1. The fourth-order valence-electron chi connectivity index (χ4n) is 3.64. The summed E-state index contributed by atoms with van der Waals surface area (Å²) >= 11 is 6.95. The van der Waals surface area contributed by atoms with Crippen molar-refractivity contribution in [2.45, 2.75) is 13.0 Å². The summed E-state index contributed by atoms with van der Waals surface area (Å²) in [6.45, 7) is 0.590. The van der Waals surface area contributed by atoms with Crippen LogP contribution in [0.4, 0.5) is 4.39 Å². The highest BCUT2D eigenvalue weighted by Gasteiger charge is 2.13. The van der Waals surface area contributed by atoms with E-state index in [4.69, 9.17) is 4.74 Å². The first-order chi connectivity index (χ1) is 16.9. The lowest BCUT2D eigenvalue weighted by atomic mass is 10.1. The number of aromatic nitrogens is 1. The Balaban J connectivity index is 1.41. The minimum Gasteiger partial charge on any atom is -0.487 e. The fraction of sp³-hybridized carbons (Fsp3) is 0.111. The van der Waals surface area contributed by atoms with Gasteiger partial charge < -0.3 is 15.0 Å². The molecule has 0 bridgehead atoms. The van der Waals surface area contributed by atoms with Crippen LogP contribution in [-0.4, -0.2) is 17.4 Å². The van der Waals surface area contributed by atoms with Gasteiger partial charge in [-0.15, -0.1) is 0 Å². The summed E-state index contributed by atoms with van der Waals surface area (Å²) in [4.78, 5) is 15.8. The molecule has 0 fully saturated rings. The van der Waals surface area contributed by atoms with Gasteiger partial charge in [0, 0.05) is 23.6 Å². The fourth-order valence-corrected chi connectivity index (χ4v) is 5.09. The maximum Gasteiger partial charge on any atom is 0.261 e. The summed E-state index contributed by atoms with van der Waals surface area (Å²) in [7, 11) is 0. The predicted molar refractivity (Wildman–Crippen MR) is 141 cm³/mol. The van der Waals surface area contributed by atoms with E-state index in [-0.39, 0.29) is 18.0 Å². The first kappa shape index (κ1) is 24.7. The molecule has 0 aliphatic heterocycles. The van der Waals surface area contributed by atoms with E-state index in [0.717, 1.165) is 16.5 Å². The van der Waals surface area contributed by atoms with Crippen molar-refractivity contribution in [1.82, 2.24) is 10.3 Å². The third-order valence-electron chi connectivity index (χ3n) is 5.32. The Hall–Kier alpha value is -3.41.